The Kier molecular flexibility index (Phi) is 4.39. The van der Waals surface area contributed by atoms with Crippen molar-refractivity contribution in [1.82, 2.24) is 14.9 Å². The number of rotatable bonds is 3. The highest BCUT2D eigenvalue weighted by Gasteiger charge is 2.20. The van der Waals surface area contributed by atoms with Crippen LogP contribution in [-0.2, 0) is 0 Å². The standard InChI is InChI=1S/C18H19ClN4S/c1-2-22-7-9-23(10-8-22)18-14-6-5-13(19)12-15(14)20-17(21-18)16-4-3-11-24-16/h3-6,11-12H,2,7-10H2,1H3. The maximum Gasteiger partial charge on any atom is 0.172 e. The summed E-state index contributed by atoms with van der Waals surface area (Å²) in [5.41, 5.74) is 0.911. The van der Waals surface area contributed by atoms with Gasteiger partial charge >= 0.3 is 0 Å². The Morgan fingerprint density at radius 1 is 1.12 bits per heavy atom. The first-order valence-electron chi connectivity index (χ1n) is 8.23. The molecule has 1 aliphatic rings. The van der Waals surface area contributed by atoms with Gasteiger partial charge in [0.2, 0.25) is 0 Å². The van der Waals surface area contributed by atoms with Gasteiger partial charge in [-0.15, -0.1) is 11.3 Å². The van der Waals surface area contributed by atoms with Gasteiger partial charge < -0.3 is 9.80 Å². The molecule has 0 bridgehead atoms. The second-order valence-electron chi connectivity index (χ2n) is 5.93. The topological polar surface area (TPSA) is 32.3 Å². The van der Waals surface area contributed by atoms with Crippen molar-refractivity contribution in [2.45, 2.75) is 6.92 Å². The summed E-state index contributed by atoms with van der Waals surface area (Å²) in [6, 6.07) is 9.99. The second-order valence-corrected chi connectivity index (χ2v) is 7.32. The molecule has 0 unspecified atom stereocenters. The van der Waals surface area contributed by atoms with Crippen molar-refractivity contribution in [2.24, 2.45) is 0 Å². The van der Waals surface area contributed by atoms with E-state index in [2.05, 4.69) is 28.2 Å². The van der Waals surface area contributed by atoms with E-state index in [1.165, 1.54) is 0 Å². The third kappa shape index (κ3) is 2.99. The number of aromatic nitrogens is 2. The lowest BCUT2D eigenvalue weighted by atomic mass is 10.2. The van der Waals surface area contributed by atoms with Gasteiger partial charge in [-0.25, -0.2) is 9.97 Å². The summed E-state index contributed by atoms with van der Waals surface area (Å²) < 4.78 is 0. The molecule has 124 valence electrons. The molecule has 0 N–H and O–H groups in total. The maximum absolute atomic E-state index is 6.19. The SMILES string of the molecule is CCN1CCN(c2nc(-c3cccs3)nc3cc(Cl)ccc23)CC1. The first-order valence-corrected chi connectivity index (χ1v) is 9.49. The molecule has 24 heavy (non-hydrogen) atoms. The molecule has 0 saturated carbocycles. The third-order valence-corrected chi connectivity index (χ3v) is 5.60. The summed E-state index contributed by atoms with van der Waals surface area (Å²) >= 11 is 7.86. The molecule has 4 rings (SSSR count). The van der Waals surface area contributed by atoms with Crippen molar-refractivity contribution >= 4 is 39.7 Å². The summed E-state index contributed by atoms with van der Waals surface area (Å²) in [4.78, 5) is 15.6. The Bertz CT molecular complexity index is 842. The Morgan fingerprint density at radius 2 is 1.96 bits per heavy atom. The highest BCUT2D eigenvalue weighted by Crippen LogP contribution is 2.31. The van der Waals surface area contributed by atoms with Gasteiger partial charge in [0.25, 0.3) is 0 Å². The molecule has 4 nitrogen and oxygen atoms in total. The minimum atomic E-state index is 0.708. The van der Waals surface area contributed by atoms with Gasteiger partial charge in [0.05, 0.1) is 10.4 Å². The van der Waals surface area contributed by atoms with Gasteiger partial charge in [-0.05, 0) is 36.2 Å². The molecule has 6 heteroatoms. The van der Waals surface area contributed by atoms with E-state index in [0.717, 1.165) is 60.1 Å². The summed E-state index contributed by atoms with van der Waals surface area (Å²) in [6.07, 6.45) is 0. The van der Waals surface area contributed by atoms with Gasteiger partial charge in [-0.3, -0.25) is 0 Å². The second kappa shape index (κ2) is 6.67. The first-order chi connectivity index (χ1) is 11.7. The number of thiophene rings is 1. The average Bonchev–Trinajstić information content (AvgIpc) is 3.15. The van der Waals surface area contributed by atoms with Crippen LogP contribution in [0, 0.1) is 0 Å². The summed E-state index contributed by atoms with van der Waals surface area (Å²) in [6.45, 7) is 7.45. The van der Waals surface area contributed by atoms with E-state index in [9.17, 15) is 0 Å². The van der Waals surface area contributed by atoms with Crippen LogP contribution in [0.5, 0.6) is 0 Å². The monoisotopic (exact) mass is 358 g/mol. The largest absolute Gasteiger partial charge is 0.353 e. The molecular formula is C18H19ClN4S. The van der Waals surface area contributed by atoms with E-state index in [4.69, 9.17) is 21.6 Å². The smallest absolute Gasteiger partial charge is 0.172 e. The summed E-state index contributed by atoms with van der Waals surface area (Å²) in [5, 5.41) is 3.84. The fourth-order valence-corrected chi connectivity index (χ4v) is 3.94. The Morgan fingerprint density at radius 3 is 2.67 bits per heavy atom. The molecule has 1 saturated heterocycles. The van der Waals surface area contributed by atoms with Crippen LogP contribution in [0.3, 0.4) is 0 Å². The van der Waals surface area contributed by atoms with E-state index >= 15 is 0 Å². The van der Waals surface area contributed by atoms with Gasteiger partial charge in [-0.1, -0.05) is 24.6 Å². The molecule has 0 radical (unpaired) electrons. The van der Waals surface area contributed by atoms with E-state index in [1.54, 1.807) is 11.3 Å². The molecule has 1 aliphatic heterocycles. The first kappa shape index (κ1) is 15.8. The lowest BCUT2D eigenvalue weighted by molar-refractivity contribution is 0.271. The number of hydrogen-bond donors (Lipinski definition) is 0. The van der Waals surface area contributed by atoms with Gasteiger partial charge in [0.15, 0.2) is 5.82 Å². The number of benzene rings is 1. The Labute approximate surface area is 150 Å². The van der Waals surface area contributed by atoms with E-state index in [1.807, 2.05) is 24.3 Å². The van der Waals surface area contributed by atoms with Crippen molar-refractivity contribution in [2.75, 3.05) is 37.6 Å². The van der Waals surface area contributed by atoms with Crippen molar-refractivity contribution in [1.29, 1.82) is 0 Å². The number of nitrogens with zero attached hydrogens (tertiary/aromatic N) is 4. The van der Waals surface area contributed by atoms with E-state index in [-0.39, 0.29) is 0 Å². The fraction of sp³-hybridized carbons (Fsp3) is 0.333. The molecular weight excluding hydrogens is 340 g/mol. The number of likely N-dealkylation sites (N-methyl/N-ethyl adjacent to an activating group) is 1. The van der Waals surface area contributed by atoms with Crippen LogP contribution < -0.4 is 4.90 Å². The molecule has 2 aromatic heterocycles. The fourth-order valence-electron chi connectivity index (χ4n) is 3.12. The number of piperazine rings is 1. The average molecular weight is 359 g/mol. The van der Waals surface area contributed by atoms with Crippen molar-refractivity contribution in [3.8, 4) is 10.7 Å². The molecule has 3 heterocycles. The van der Waals surface area contributed by atoms with Gasteiger partial charge in [0.1, 0.15) is 5.82 Å². The van der Waals surface area contributed by atoms with Crippen molar-refractivity contribution < 1.29 is 0 Å². The minimum absolute atomic E-state index is 0.708. The quantitative estimate of drug-likeness (QED) is 0.704. The Hall–Kier alpha value is -1.69. The highest BCUT2D eigenvalue weighted by atomic mass is 35.5. The predicted octanol–water partition coefficient (Wildman–Crippen LogP) is 4.15. The summed E-state index contributed by atoms with van der Waals surface area (Å²) in [7, 11) is 0. The van der Waals surface area contributed by atoms with Gasteiger partial charge in [-0.2, -0.15) is 0 Å². The van der Waals surface area contributed by atoms with Crippen LogP contribution in [0.25, 0.3) is 21.6 Å². The number of fused-ring (bicyclic) bond motifs is 1. The van der Waals surface area contributed by atoms with Crippen molar-refractivity contribution in [3.05, 3.63) is 40.7 Å². The molecule has 0 spiro atoms. The van der Waals surface area contributed by atoms with Crippen LogP contribution in [-0.4, -0.2) is 47.6 Å². The van der Waals surface area contributed by atoms with Crippen LogP contribution in [0.15, 0.2) is 35.7 Å². The van der Waals surface area contributed by atoms with Crippen LogP contribution in [0.1, 0.15) is 6.92 Å². The highest BCUT2D eigenvalue weighted by molar-refractivity contribution is 7.13. The minimum Gasteiger partial charge on any atom is -0.353 e. The molecule has 1 aromatic carbocycles. The van der Waals surface area contributed by atoms with E-state index < -0.39 is 0 Å². The molecule has 0 aliphatic carbocycles. The number of halogens is 1. The number of anilines is 1. The third-order valence-electron chi connectivity index (χ3n) is 4.50. The van der Waals surface area contributed by atoms with Gasteiger partial charge in [0, 0.05) is 36.6 Å². The zero-order valence-corrected chi connectivity index (χ0v) is 15.1. The molecule has 1 fully saturated rings. The maximum atomic E-state index is 6.19. The zero-order valence-electron chi connectivity index (χ0n) is 13.6. The predicted molar refractivity (Wildman–Crippen MR) is 102 cm³/mol. The zero-order chi connectivity index (χ0) is 16.5. The van der Waals surface area contributed by atoms with Crippen LogP contribution >= 0.6 is 22.9 Å². The molecule has 3 aromatic rings. The molecule has 0 amide bonds. The molecule has 0 atom stereocenters. The number of hydrogen-bond acceptors (Lipinski definition) is 5. The lowest BCUT2D eigenvalue weighted by Crippen LogP contribution is -2.46. The van der Waals surface area contributed by atoms with Crippen molar-refractivity contribution in [3.63, 3.8) is 0 Å². The van der Waals surface area contributed by atoms with Crippen LogP contribution in [0.2, 0.25) is 5.02 Å². The van der Waals surface area contributed by atoms with Crippen LogP contribution in [0.4, 0.5) is 5.82 Å². The van der Waals surface area contributed by atoms with E-state index in [0.29, 0.717) is 5.02 Å². The summed E-state index contributed by atoms with van der Waals surface area (Å²) in [5.74, 6) is 1.81. The Balaban J connectivity index is 1.81. The normalized spacial score (nSPS) is 16.0. The lowest BCUT2D eigenvalue weighted by Gasteiger charge is -2.35.